The summed E-state index contributed by atoms with van der Waals surface area (Å²) in [5.74, 6) is -0.0727. The van der Waals surface area contributed by atoms with Gasteiger partial charge in [-0.3, -0.25) is 4.79 Å². The van der Waals surface area contributed by atoms with E-state index < -0.39 is 0 Å². The summed E-state index contributed by atoms with van der Waals surface area (Å²) in [5, 5.41) is 4.51. The Labute approximate surface area is 128 Å². The zero-order valence-corrected chi connectivity index (χ0v) is 13.3. The predicted molar refractivity (Wildman–Crippen MR) is 83.1 cm³/mol. The third-order valence-corrected chi connectivity index (χ3v) is 5.46. The average Bonchev–Trinajstić information content (AvgIpc) is 2.46. The number of rotatable bonds is 4. The van der Waals surface area contributed by atoms with Crippen LogP contribution in [0.1, 0.15) is 42.5 Å². The van der Waals surface area contributed by atoms with E-state index in [-0.39, 0.29) is 11.3 Å². The highest BCUT2D eigenvalue weighted by Gasteiger charge is 2.31. The number of halogens is 2. The molecule has 0 radical (unpaired) electrons. The average molecular weight is 345 g/mol. The summed E-state index contributed by atoms with van der Waals surface area (Å²) in [6.07, 6.45) is 6.19. The van der Waals surface area contributed by atoms with E-state index in [1.54, 1.807) is 12.1 Å². The molecule has 1 aliphatic rings. The van der Waals surface area contributed by atoms with Crippen molar-refractivity contribution in [3.63, 3.8) is 0 Å². The van der Waals surface area contributed by atoms with E-state index >= 15 is 0 Å². The molecule has 0 saturated heterocycles. The van der Waals surface area contributed by atoms with Crippen molar-refractivity contribution in [2.75, 3.05) is 11.9 Å². The van der Waals surface area contributed by atoms with Gasteiger partial charge >= 0.3 is 0 Å². The van der Waals surface area contributed by atoms with Gasteiger partial charge in [-0.1, -0.05) is 58.9 Å². The van der Waals surface area contributed by atoms with E-state index in [1.807, 2.05) is 12.1 Å². The normalized spacial score (nSPS) is 18.0. The first-order valence-electron chi connectivity index (χ1n) is 6.76. The number of carbonyl (C=O) groups is 1. The highest BCUT2D eigenvalue weighted by molar-refractivity contribution is 9.09. The molecular formula is C15H19BrClNO. The number of carbonyl (C=O) groups excluding carboxylic acids is 1. The second kappa shape index (κ2) is 6.76. The molecule has 0 spiro atoms. The fraction of sp³-hybridized carbons (Fsp3) is 0.533. The van der Waals surface area contributed by atoms with Crippen molar-refractivity contribution in [1.29, 1.82) is 0 Å². The Morgan fingerprint density at radius 1 is 1.26 bits per heavy atom. The van der Waals surface area contributed by atoms with Crippen molar-refractivity contribution >= 4 is 33.4 Å². The van der Waals surface area contributed by atoms with Gasteiger partial charge in [0.1, 0.15) is 0 Å². The summed E-state index contributed by atoms with van der Waals surface area (Å²) in [4.78, 5) is 12.2. The molecule has 2 nitrogen and oxygen atoms in total. The van der Waals surface area contributed by atoms with Crippen molar-refractivity contribution in [1.82, 2.24) is 5.32 Å². The van der Waals surface area contributed by atoms with Crippen LogP contribution in [-0.2, 0) is 0 Å². The van der Waals surface area contributed by atoms with Crippen LogP contribution in [0.5, 0.6) is 0 Å². The minimum Gasteiger partial charge on any atom is -0.351 e. The Hall–Kier alpha value is -0.540. The van der Waals surface area contributed by atoms with Gasteiger partial charge in [0.05, 0.1) is 10.6 Å². The summed E-state index contributed by atoms with van der Waals surface area (Å²) in [6, 6.07) is 7.18. The van der Waals surface area contributed by atoms with Crippen molar-refractivity contribution < 1.29 is 4.79 Å². The smallest absolute Gasteiger partial charge is 0.252 e. The van der Waals surface area contributed by atoms with Crippen LogP contribution in [0.2, 0.25) is 5.02 Å². The Morgan fingerprint density at radius 2 is 1.95 bits per heavy atom. The molecule has 1 aliphatic carbocycles. The molecule has 0 atom stereocenters. The van der Waals surface area contributed by atoms with E-state index in [0.29, 0.717) is 10.6 Å². The molecule has 1 amide bonds. The van der Waals surface area contributed by atoms with Gasteiger partial charge in [0.2, 0.25) is 0 Å². The van der Waals surface area contributed by atoms with Crippen LogP contribution in [0.4, 0.5) is 0 Å². The van der Waals surface area contributed by atoms with Gasteiger partial charge in [-0.15, -0.1) is 0 Å². The molecule has 104 valence electrons. The molecule has 0 aromatic heterocycles. The lowest BCUT2D eigenvalue weighted by atomic mass is 9.75. The summed E-state index contributed by atoms with van der Waals surface area (Å²) >= 11 is 9.65. The van der Waals surface area contributed by atoms with Gasteiger partial charge < -0.3 is 5.32 Å². The van der Waals surface area contributed by atoms with Gasteiger partial charge in [0, 0.05) is 11.9 Å². The summed E-state index contributed by atoms with van der Waals surface area (Å²) in [6.45, 7) is 0.725. The van der Waals surface area contributed by atoms with Crippen LogP contribution in [-0.4, -0.2) is 17.8 Å². The molecule has 0 aliphatic heterocycles. The quantitative estimate of drug-likeness (QED) is 0.805. The Morgan fingerprint density at radius 3 is 2.58 bits per heavy atom. The molecule has 0 bridgehead atoms. The third kappa shape index (κ3) is 3.73. The van der Waals surface area contributed by atoms with Crippen LogP contribution in [0, 0.1) is 5.41 Å². The molecule has 1 fully saturated rings. The maximum atomic E-state index is 12.2. The van der Waals surface area contributed by atoms with Gasteiger partial charge in [-0.25, -0.2) is 0 Å². The lowest BCUT2D eigenvalue weighted by molar-refractivity contribution is 0.0922. The Balaban J connectivity index is 1.98. The first-order valence-corrected chi connectivity index (χ1v) is 8.25. The van der Waals surface area contributed by atoms with Crippen LogP contribution < -0.4 is 5.32 Å². The number of amides is 1. The summed E-state index contributed by atoms with van der Waals surface area (Å²) in [5.41, 5.74) is 0.777. The van der Waals surface area contributed by atoms with Crippen LogP contribution in [0.15, 0.2) is 24.3 Å². The monoisotopic (exact) mass is 343 g/mol. The Bertz CT molecular complexity index is 444. The summed E-state index contributed by atoms with van der Waals surface area (Å²) < 4.78 is 0. The molecule has 0 heterocycles. The lowest BCUT2D eigenvalue weighted by Crippen LogP contribution is -2.40. The molecule has 4 heteroatoms. The molecule has 19 heavy (non-hydrogen) atoms. The molecule has 1 aromatic rings. The minimum absolute atomic E-state index is 0.0727. The van der Waals surface area contributed by atoms with E-state index in [0.717, 1.165) is 11.9 Å². The molecule has 2 rings (SSSR count). The van der Waals surface area contributed by atoms with E-state index in [4.69, 9.17) is 11.6 Å². The molecular weight excluding hydrogens is 326 g/mol. The van der Waals surface area contributed by atoms with Gasteiger partial charge in [0.15, 0.2) is 0 Å². The number of alkyl halides is 1. The minimum atomic E-state index is -0.0727. The molecule has 0 unspecified atom stereocenters. The first kappa shape index (κ1) is 14.9. The number of benzene rings is 1. The second-order valence-electron chi connectivity index (χ2n) is 5.36. The van der Waals surface area contributed by atoms with Gasteiger partial charge in [-0.05, 0) is 30.4 Å². The molecule has 1 N–H and O–H groups in total. The van der Waals surface area contributed by atoms with Crippen molar-refractivity contribution in [3.05, 3.63) is 34.9 Å². The maximum Gasteiger partial charge on any atom is 0.252 e. The van der Waals surface area contributed by atoms with Crippen molar-refractivity contribution in [2.45, 2.75) is 32.1 Å². The molecule has 1 aromatic carbocycles. The van der Waals surface area contributed by atoms with Crippen LogP contribution >= 0.6 is 27.5 Å². The molecule has 1 saturated carbocycles. The van der Waals surface area contributed by atoms with E-state index in [2.05, 4.69) is 21.2 Å². The van der Waals surface area contributed by atoms with Gasteiger partial charge in [0.25, 0.3) is 5.91 Å². The SMILES string of the molecule is O=C(NCC1(CBr)CCCCC1)c1ccccc1Cl. The zero-order chi connectivity index (χ0) is 13.7. The summed E-state index contributed by atoms with van der Waals surface area (Å²) in [7, 11) is 0. The highest BCUT2D eigenvalue weighted by atomic mass is 79.9. The maximum absolute atomic E-state index is 12.2. The number of nitrogens with one attached hydrogen (secondary N) is 1. The van der Waals surface area contributed by atoms with Crippen LogP contribution in [0.3, 0.4) is 0 Å². The topological polar surface area (TPSA) is 29.1 Å². The largest absolute Gasteiger partial charge is 0.351 e. The van der Waals surface area contributed by atoms with Crippen molar-refractivity contribution in [2.24, 2.45) is 5.41 Å². The second-order valence-corrected chi connectivity index (χ2v) is 6.32. The number of hydrogen-bond acceptors (Lipinski definition) is 1. The predicted octanol–water partition coefficient (Wildman–Crippen LogP) is 4.42. The zero-order valence-electron chi connectivity index (χ0n) is 10.9. The number of hydrogen-bond donors (Lipinski definition) is 1. The fourth-order valence-electron chi connectivity index (χ4n) is 2.67. The standard InChI is InChI=1S/C15H19BrClNO/c16-10-15(8-4-1-5-9-15)11-18-14(19)12-6-2-3-7-13(12)17/h2-3,6-7H,1,4-5,8-11H2,(H,18,19). The van der Waals surface area contributed by atoms with Gasteiger partial charge in [-0.2, -0.15) is 0 Å². The first-order chi connectivity index (χ1) is 9.17. The van der Waals surface area contributed by atoms with Crippen molar-refractivity contribution in [3.8, 4) is 0 Å². The fourth-order valence-corrected chi connectivity index (χ4v) is 3.65. The lowest BCUT2D eigenvalue weighted by Gasteiger charge is -2.35. The third-order valence-electron chi connectivity index (χ3n) is 3.94. The van der Waals surface area contributed by atoms with E-state index in [9.17, 15) is 4.79 Å². The Kier molecular flexibility index (Phi) is 5.28. The van der Waals surface area contributed by atoms with E-state index in [1.165, 1.54) is 32.1 Å². The van der Waals surface area contributed by atoms with Crippen LogP contribution in [0.25, 0.3) is 0 Å². The highest BCUT2D eigenvalue weighted by Crippen LogP contribution is 2.37.